The van der Waals surface area contributed by atoms with E-state index in [9.17, 15) is 18.4 Å². The molecule has 6 nitrogen and oxygen atoms in total. The van der Waals surface area contributed by atoms with E-state index in [0.29, 0.717) is 18.8 Å². The van der Waals surface area contributed by atoms with Crippen molar-refractivity contribution in [1.29, 1.82) is 0 Å². The van der Waals surface area contributed by atoms with Crippen molar-refractivity contribution in [3.05, 3.63) is 29.8 Å². The van der Waals surface area contributed by atoms with Crippen LogP contribution in [0.3, 0.4) is 0 Å². The van der Waals surface area contributed by atoms with Crippen LogP contribution >= 0.6 is 0 Å². The van der Waals surface area contributed by atoms with Gasteiger partial charge in [0.15, 0.2) is 0 Å². The van der Waals surface area contributed by atoms with E-state index in [2.05, 4.69) is 10.6 Å². The molecule has 0 bridgehead atoms. The molecule has 1 saturated heterocycles. The molecular weight excluding hydrogens is 380 g/mol. The third-order valence-corrected chi connectivity index (χ3v) is 5.20. The highest BCUT2D eigenvalue weighted by molar-refractivity contribution is 5.79. The number of amides is 3. The Balaban J connectivity index is 1.73. The normalized spacial score (nSPS) is 14.9. The summed E-state index contributed by atoms with van der Waals surface area (Å²) in [6.45, 7) is 4.99. The highest BCUT2D eigenvalue weighted by Crippen LogP contribution is 2.17. The molecule has 1 fully saturated rings. The van der Waals surface area contributed by atoms with Gasteiger partial charge in [0.25, 0.3) is 6.43 Å². The van der Waals surface area contributed by atoms with Crippen LogP contribution in [0.2, 0.25) is 0 Å². The maximum Gasteiger partial charge on any atom is 0.315 e. The Hall–Kier alpha value is -2.38. The van der Waals surface area contributed by atoms with Gasteiger partial charge in [-0.1, -0.05) is 26.0 Å². The van der Waals surface area contributed by atoms with Gasteiger partial charge in [0, 0.05) is 31.6 Å². The summed E-state index contributed by atoms with van der Waals surface area (Å²) >= 11 is 0. The third-order valence-electron chi connectivity index (χ3n) is 5.20. The van der Waals surface area contributed by atoms with Crippen LogP contribution < -0.4 is 15.4 Å². The van der Waals surface area contributed by atoms with Gasteiger partial charge in [0.2, 0.25) is 5.91 Å². The average molecular weight is 411 g/mol. The molecule has 8 heteroatoms. The van der Waals surface area contributed by atoms with Crippen molar-refractivity contribution in [3.63, 3.8) is 0 Å². The van der Waals surface area contributed by atoms with Crippen molar-refractivity contribution in [2.45, 2.75) is 58.5 Å². The SMILES string of the molecule is CCC(CC)C(=O)N1CCC(NC(=O)NCc2cccc(OCC(F)F)c2)CC1. The molecule has 2 N–H and O–H groups in total. The molecule has 0 aliphatic carbocycles. The lowest BCUT2D eigenvalue weighted by Gasteiger charge is -2.34. The molecule has 0 unspecified atom stereocenters. The highest BCUT2D eigenvalue weighted by atomic mass is 19.3. The van der Waals surface area contributed by atoms with Crippen molar-refractivity contribution in [2.24, 2.45) is 5.92 Å². The number of likely N-dealkylation sites (tertiary alicyclic amines) is 1. The predicted octanol–water partition coefficient (Wildman–Crippen LogP) is 3.56. The molecule has 0 saturated carbocycles. The van der Waals surface area contributed by atoms with Gasteiger partial charge in [0.05, 0.1) is 0 Å². The summed E-state index contributed by atoms with van der Waals surface area (Å²) < 4.78 is 29.4. The molecule has 0 spiro atoms. The topological polar surface area (TPSA) is 70.7 Å². The smallest absolute Gasteiger partial charge is 0.315 e. The maximum atomic E-state index is 12.4. The van der Waals surface area contributed by atoms with E-state index in [1.54, 1.807) is 24.3 Å². The number of piperidine rings is 1. The summed E-state index contributed by atoms with van der Waals surface area (Å²) in [4.78, 5) is 26.5. The van der Waals surface area contributed by atoms with Crippen molar-refractivity contribution in [2.75, 3.05) is 19.7 Å². The van der Waals surface area contributed by atoms with Crippen LogP contribution in [0.1, 0.15) is 45.1 Å². The lowest BCUT2D eigenvalue weighted by Crippen LogP contribution is -2.50. The lowest BCUT2D eigenvalue weighted by molar-refractivity contribution is -0.136. The number of carbonyl (C=O) groups is 2. The Labute approximate surface area is 171 Å². The van der Waals surface area contributed by atoms with Gasteiger partial charge in [-0.25, -0.2) is 13.6 Å². The van der Waals surface area contributed by atoms with Crippen LogP contribution in [0.5, 0.6) is 5.75 Å². The Morgan fingerprint density at radius 2 is 1.90 bits per heavy atom. The van der Waals surface area contributed by atoms with Gasteiger partial charge >= 0.3 is 6.03 Å². The second kappa shape index (κ2) is 11.6. The first kappa shape index (κ1) is 22.9. The van der Waals surface area contributed by atoms with Crippen LogP contribution in [0, 0.1) is 5.92 Å². The molecule has 0 radical (unpaired) electrons. The van der Waals surface area contributed by atoms with E-state index < -0.39 is 13.0 Å². The number of rotatable bonds is 9. The minimum absolute atomic E-state index is 0.0291. The first-order chi connectivity index (χ1) is 13.9. The van der Waals surface area contributed by atoms with E-state index in [-0.39, 0.29) is 30.4 Å². The number of hydrogen-bond acceptors (Lipinski definition) is 3. The molecule has 1 aromatic carbocycles. The largest absolute Gasteiger partial charge is 0.488 e. The first-order valence-corrected chi connectivity index (χ1v) is 10.3. The summed E-state index contributed by atoms with van der Waals surface area (Å²) in [7, 11) is 0. The minimum Gasteiger partial charge on any atom is -0.488 e. The van der Waals surface area contributed by atoms with Gasteiger partial charge in [-0.05, 0) is 43.4 Å². The van der Waals surface area contributed by atoms with Gasteiger partial charge in [-0.3, -0.25) is 4.79 Å². The van der Waals surface area contributed by atoms with E-state index in [0.717, 1.165) is 31.2 Å². The molecule has 162 valence electrons. The van der Waals surface area contributed by atoms with Crippen LogP contribution in [0.25, 0.3) is 0 Å². The molecule has 3 amide bonds. The Morgan fingerprint density at radius 1 is 1.21 bits per heavy atom. The summed E-state index contributed by atoms with van der Waals surface area (Å²) in [6, 6.07) is 6.46. The number of alkyl halides is 2. The van der Waals surface area contributed by atoms with Gasteiger partial charge in [-0.15, -0.1) is 0 Å². The molecule has 1 aliphatic heterocycles. The lowest BCUT2D eigenvalue weighted by atomic mass is 9.98. The van der Waals surface area contributed by atoms with Crippen LogP contribution in [-0.2, 0) is 11.3 Å². The number of nitrogens with one attached hydrogen (secondary N) is 2. The number of hydrogen-bond donors (Lipinski definition) is 2. The number of benzene rings is 1. The van der Waals surface area contributed by atoms with Crippen molar-refractivity contribution in [1.82, 2.24) is 15.5 Å². The Kier molecular flexibility index (Phi) is 9.15. The number of carbonyl (C=O) groups excluding carboxylic acids is 2. The Morgan fingerprint density at radius 3 is 2.52 bits per heavy atom. The number of halogens is 2. The fourth-order valence-corrected chi connectivity index (χ4v) is 3.46. The average Bonchev–Trinajstić information content (AvgIpc) is 2.72. The summed E-state index contributed by atoms with van der Waals surface area (Å²) in [6.07, 6.45) is 0.639. The predicted molar refractivity (Wildman–Crippen MR) is 107 cm³/mol. The van der Waals surface area contributed by atoms with Crippen molar-refractivity contribution < 1.29 is 23.1 Å². The molecule has 0 atom stereocenters. The molecule has 1 aliphatic rings. The summed E-state index contributed by atoms with van der Waals surface area (Å²) in [5.74, 6) is 0.648. The fourth-order valence-electron chi connectivity index (χ4n) is 3.46. The molecule has 1 heterocycles. The monoisotopic (exact) mass is 411 g/mol. The van der Waals surface area contributed by atoms with Crippen molar-refractivity contribution >= 4 is 11.9 Å². The van der Waals surface area contributed by atoms with E-state index in [4.69, 9.17) is 4.74 Å². The van der Waals surface area contributed by atoms with E-state index in [1.165, 1.54) is 0 Å². The van der Waals surface area contributed by atoms with Crippen LogP contribution in [-0.4, -0.2) is 49.0 Å². The van der Waals surface area contributed by atoms with E-state index in [1.807, 2.05) is 18.7 Å². The molecule has 0 aromatic heterocycles. The highest BCUT2D eigenvalue weighted by Gasteiger charge is 2.27. The third kappa shape index (κ3) is 7.51. The number of nitrogens with zero attached hydrogens (tertiary/aromatic N) is 1. The minimum atomic E-state index is -2.53. The van der Waals surface area contributed by atoms with E-state index >= 15 is 0 Å². The molecular formula is C21H31F2N3O3. The van der Waals surface area contributed by atoms with Gasteiger partial charge in [-0.2, -0.15) is 0 Å². The fraction of sp³-hybridized carbons (Fsp3) is 0.619. The zero-order valence-corrected chi connectivity index (χ0v) is 17.1. The maximum absolute atomic E-state index is 12.4. The zero-order chi connectivity index (χ0) is 21.2. The van der Waals surface area contributed by atoms with Gasteiger partial charge in [0.1, 0.15) is 12.4 Å². The second-order valence-corrected chi connectivity index (χ2v) is 7.29. The summed E-state index contributed by atoms with van der Waals surface area (Å²) in [5.41, 5.74) is 0.762. The van der Waals surface area contributed by atoms with Crippen LogP contribution in [0.15, 0.2) is 24.3 Å². The molecule has 2 rings (SSSR count). The zero-order valence-electron chi connectivity index (χ0n) is 17.1. The number of ether oxygens (including phenoxy) is 1. The number of urea groups is 1. The van der Waals surface area contributed by atoms with Gasteiger partial charge < -0.3 is 20.3 Å². The summed E-state index contributed by atoms with van der Waals surface area (Å²) in [5, 5.41) is 5.72. The Bertz CT molecular complexity index is 660. The second-order valence-electron chi connectivity index (χ2n) is 7.29. The quantitative estimate of drug-likeness (QED) is 0.653. The first-order valence-electron chi connectivity index (χ1n) is 10.3. The molecule has 29 heavy (non-hydrogen) atoms. The molecule has 1 aromatic rings. The van der Waals surface area contributed by atoms with Crippen LogP contribution in [0.4, 0.5) is 13.6 Å². The van der Waals surface area contributed by atoms with Crippen molar-refractivity contribution in [3.8, 4) is 5.75 Å². The standard InChI is InChI=1S/C21H31F2N3O3/c1-3-16(4-2)20(27)26-10-8-17(9-11-26)25-21(28)24-13-15-6-5-7-18(12-15)29-14-19(22)23/h5-7,12,16-17,19H,3-4,8-11,13-14H2,1-2H3,(H2,24,25,28).